The average Bonchev–Trinajstić information content (AvgIpc) is 2.42. The quantitative estimate of drug-likeness (QED) is 0.600. The van der Waals surface area contributed by atoms with Crippen molar-refractivity contribution in [2.45, 2.75) is 39.5 Å². The van der Waals surface area contributed by atoms with E-state index in [2.05, 4.69) is 23.4 Å². The number of pyridine rings is 1. The summed E-state index contributed by atoms with van der Waals surface area (Å²) in [5.41, 5.74) is 1.99. The minimum absolute atomic E-state index is 0.352. The van der Waals surface area contributed by atoms with E-state index in [0.29, 0.717) is 11.5 Å². The van der Waals surface area contributed by atoms with Crippen LogP contribution in [0.4, 0.5) is 10.2 Å². The highest BCUT2D eigenvalue weighted by Crippen LogP contribution is 2.28. The average molecular weight is 262 g/mol. The Labute approximate surface area is 115 Å². The van der Waals surface area contributed by atoms with Gasteiger partial charge in [0.05, 0.1) is 0 Å². The first-order chi connectivity index (χ1) is 9.11. The van der Waals surface area contributed by atoms with Crippen molar-refractivity contribution in [3.63, 3.8) is 0 Å². The molecule has 0 radical (unpaired) electrons. The molecule has 2 heterocycles. The summed E-state index contributed by atoms with van der Waals surface area (Å²) in [5.74, 6) is 1.05. The number of rotatable bonds is 4. The van der Waals surface area contributed by atoms with Crippen LogP contribution in [0.5, 0.6) is 0 Å². The van der Waals surface area contributed by atoms with Crippen molar-refractivity contribution in [3.05, 3.63) is 35.8 Å². The summed E-state index contributed by atoms with van der Waals surface area (Å²) in [7, 11) is 0. The van der Waals surface area contributed by atoms with Gasteiger partial charge < -0.3 is 4.90 Å². The van der Waals surface area contributed by atoms with Gasteiger partial charge in [0.25, 0.3) is 0 Å². The Morgan fingerprint density at radius 1 is 1.42 bits per heavy atom. The van der Waals surface area contributed by atoms with E-state index in [9.17, 15) is 4.39 Å². The maximum Gasteiger partial charge on any atom is 0.217 e. The summed E-state index contributed by atoms with van der Waals surface area (Å²) >= 11 is 0. The van der Waals surface area contributed by atoms with Crippen LogP contribution < -0.4 is 4.90 Å². The molecule has 0 unspecified atom stereocenters. The molecule has 1 aromatic heterocycles. The maximum atomic E-state index is 13.5. The van der Waals surface area contributed by atoms with Crippen LogP contribution in [0.15, 0.2) is 24.3 Å². The molecule has 0 bridgehead atoms. The molecule has 0 N–H and O–H groups in total. The number of piperidine rings is 1. The molecule has 104 valence electrons. The zero-order valence-electron chi connectivity index (χ0n) is 12.0. The minimum Gasteiger partial charge on any atom is -0.356 e. The van der Waals surface area contributed by atoms with Crippen molar-refractivity contribution < 1.29 is 4.39 Å². The molecule has 19 heavy (non-hydrogen) atoms. The minimum atomic E-state index is -0.352. The zero-order chi connectivity index (χ0) is 13.8. The van der Waals surface area contributed by atoms with Gasteiger partial charge in [-0.25, -0.2) is 4.98 Å². The molecular weight excluding hydrogens is 239 g/mol. The molecule has 0 amide bonds. The predicted octanol–water partition coefficient (Wildman–Crippen LogP) is 4.10. The Morgan fingerprint density at radius 3 is 2.68 bits per heavy atom. The highest BCUT2D eigenvalue weighted by Gasteiger charge is 2.22. The normalized spacial score (nSPS) is 16.7. The van der Waals surface area contributed by atoms with Gasteiger partial charge in [-0.1, -0.05) is 31.6 Å². The van der Waals surface area contributed by atoms with Crippen molar-refractivity contribution in [1.29, 1.82) is 0 Å². The van der Waals surface area contributed by atoms with E-state index >= 15 is 0 Å². The number of allylic oxidation sites excluding steroid dienone is 1. The number of aryl methyl sites for hydroxylation is 1. The third-order valence-electron chi connectivity index (χ3n) is 3.99. The second kappa shape index (κ2) is 6.18. The molecule has 2 nitrogen and oxygen atoms in total. The van der Waals surface area contributed by atoms with Crippen molar-refractivity contribution >= 4 is 5.82 Å². The summed E-state index contributed by atoms with van der Waals surface area (Å²) in [4.78, 5) is 6.22. The Hall–Kier alpha value is -1.38. The van der Waals surface area contributed by atoms with Crippen LogP contribution in [-0.4, -0.2) is 18.1 Å². The summed E-state index contributed by atoms with van der Waals surface area (Å²) in [6.45, 7) is 10.0. The monoisotopic (exact) mass is 262 g/mol. The summed E-state index contributed by atoms with van der Waals surface area (Å²) in [6, 6.07) is 3.72. The van der Waals surface area contributed by atoms with Gasteiger partial charge in [0, 0.05) is 18.7 Å². The second-order valence-corrected chi connectivity index (χ2v) is 5.45. The first-order valence-corrected chi connectivity index (χ1v) is 7.17. The fraction of sp³-hybridized carbons (Fsp3) is 0.562. The lowest BCUT2D eigenvalue weighted by Gasteiger charge is -2.33. The van der Waals surface area contributed by atoms with Gasteiger partial charge in [-0.2, -0.15) is 4.39 Å². The lowest BCUT2D eigenvalue weighted by Crippen LogP contribution is -2.34. The number of hydrogen-bond donors (Lipinski definition) is 0. The molecular formula is C16H23FN2. The highest BCUT2D eigenvalue weighted by atomic mass is 19.1. The van der Waals surface area contributed by atoms with Gasteiger partial charge in [0.15, 0.2) is 0 Å². The van der Waals surface area contributed by atoms with Crippen LogP contribution in [0.1, 0.15) is 38.2 Å². The predicted molar refractivity (Wildman–Crippen MR) is 77.9 cm³/mol. The Balaban J connectivity index is 1.96. The van der Waals surface area contributed by atoms with Crippen LogP contribution in [0.3, 0.4) is 0 Å². The zero-order valence-corrected chi connectivity index (χ0v) is 12.0. The fourth-order valence-electron chi connectivity index (χ4n) is 2.71. The molecule has 1 aliphatic heterocycles. The molecule has 3 heteroatoms. The first kappa shape index (κ1) is 14.0. The number of nitrogens with zero attached hydrogens (tertiary/aromatic N) is 2. The van der Waals surface area contributed by atoms with E-state index < -0.39 is 0 Å². The van der Waals surface area contributed by atoms with Crippen molar-refractivity contribution in [2.75, 3.05) is 18.0 Å². The van der Waals surface area contributed by atoms with E-state index in [1.54, 1.807) is 13.0 Å². The maximum absolute atomic E-state index is 13.5. The molecule has 1 aliphatic rings. The van der Waals surface area contributed by atoms with Crippen molar-refractivity contribution in [2.24, 2.45) is 5.92 Å². The van der Waals surface area contributed by atoms with Gasteiger partial charge in [-0.3, -0.25) is 0 Å². The topological polar surface area (TPSA) is 16.1 Å². The molecule has 2 rings (SSSR count). The molecule has 1 aromatic rings. The standard InChI is InChI=1S/C16H23FN2/c1-4-5-12(2)14-8-10-19(11-9-14)15-7-6-13(3)16(17)18-15/h6-7,14H,2,4-5,8-11H2,1,3H3. The molecule has 0 spiro atoms. The Morgan fingerprint density at radius 2 is 2.11 bits per heavy atom. The SMILES string of the molecule is C=C(CCC)C1CCN(c2ccc(C)c(F)n2)CC1. The van der Waals surface area contributed by atoms with E-state index in [0.717, 1.165) is 38.2 Å². The van der Waals surface area contributed by atoms with E-state index in [1.165, 1.54) is 12.0 Å². The van der Waals surface area contributed by atoms with Gasteiger partial charge >= 0.3 is 0 Å². The third kappa shape index (κ3) is 3.34. The molecule has 0 atom stereocenters. The fourth-order valence-corrected chi connectivity index (χ4v) is 2.71. The molecule has 0 aromatic carbocycles. The van der Waals surface area contributed by atoms with Gasteiger partial charge in [-0.05, 0) is 38.2 Å². The van der Waals surface area contributed by atoms with E-state index in [-0.39, 0.29) is 5.95 Å². The van der Waals surface area contributed by atoms with Crippen LogP contribution in [-0.2, 0) is 0 Å². The van der Waals surface area contributed by atoms with Crippen molar-refractivity contribution in [3.8, 4) is 0 Å². The van der Waals surface area contributed by atoms with E-state index in [4.69, 9.17) is 0 Å². The number of hydrogen-bond acceptors (Lipinski definition) is 2. The first-order valence-electron chi connectivity index (χ1n) is 7.17. The summed E-state index contributed by atoms with van der Waals surface area (Å²) in [6.07, 6.45) is 4.51. The van der Waals surface area contributed by atoms with E-state index in [1.807, 2.05) is 6.07 Å². The summed E-state index contributed by atoms with van der Waals surface area (Å²) < 4.78 is 13.5. The van der Waals surface area contributed by atoms with Crippen molar-refractivity contribution in [1.82, 2.24) is 4.98 Å². The van der Waals surface area contributed by atoms with Crippen LogP contribution in [0.25, 0.3) is 0 Å². The van der Waals surface area contributed by atoms with Gasteiger partial charge in [0.1, 0.15) is 5.82 Å². The lowest BCUT2D eigenvalue weighted by atomic mass is 9.88. The molecule has 0 saturated carbocycles. The van der Waals surface area contributed by atoms with Gasteiger partial charge in [0.2, 0.25) is 5.95 Å². The molecule has 1 fully saturated rings. The van der Waals surface area contributed by atoms with Crippen LogP contribution >= 0.6 is 0 Å². The van der Waals surface area contributed by atoms with Crippen LogP contribution in [0, 0.1) is 18.8 Å². The number of anilines is 1. The lowest BCUT2D eigenvalue weighted by molar-refractivity contribution is 0.444. The molecule has 1 saturated heterocycles. The largest absolute Gasteiger partial charge is 0.356 e. The number of aromatic nitrogens is 1. The Bertz CT molecular complexity index is 448. The van der Waals surface area contributed by atoms with Crippen LogP contribution in [0.2, 0.25) is 0 Å². The summed E-state index contributed by atoms with van der Waals surface area (Å²) in [5, 5.41) is 0. The third-order valence-corrected chi connectivity index (χ3v) is 3.99. The Kier molecular flexibility index (Phi) is 4.56. The molecule has 0 aliphatic carbocycles. The smallest absolute Gasteiger partial charge is 0.217 e. The number of halogens is 1. The highest BCUT2D eigenvalue weighted by molar-refractivity contribution is 5.40. The second-order valence-electron chi connectivity index (χ2n) is 5.45. The van der Waals surface area contributed by atoms with Gasteiger partial charge in [-0.15, -0.1) is 0 Å².